The van der Waals surface area contributed by atoms with Crippen molar-refractivity contribution < 1.29 is 9.47 Å². The van der Waals surface area contributed by atoms with Gasteiger partial charge in [0.15, 0.2) is 11.5 Å². The summed E-state index contributed by atoms with van der Waals surface area (Å²) in [5.41, 5.74) is 8.23. The molecule has 0 bridgehead atoms. The summed E-state index contributed by atoms with van der Waals surface area (Å²) in [7, 11) is 0. The zero-order chi connectivity index (χ0) is 13.1. The van der Waals surface area contributed by atoms with Gasteiger partial charge in [-0.25, -0.2) is 0 Å². The highest BCUT2D eigenvalue weighted by molar-refractivity contribution is 9.10. The maximum absolute atomic E-state index is 5.56. The van der Waals surface area contributed by atoms with E-state index in [1.165, 1.54) is 11.1 Å². The Bertz CT molecular complexity index is 432. The van der Waals surface area contributed by atoms with Crippen LogP contribution in [0.5, 0.6) is 11.5 Å². The number of fused-ring (bicyclic) bond motifs is 1. The Balaban J connectivity index is 2.34. The first-order valence-corrected chi connectivity index (χ1v) is 7.25. The third kappa shape index (κ3) is 2.64. The molecule has 0 unspecified atom stereocenters. The Morgan fingerprint density at radius 1 is 1.33 bits per heavy atom. The van der Waals surface area contributed by atoms with Crippen molar-refractivity contribution in [1.29, 1.82) is 0 Å². The second kappa shape index (κ2) is 5.93. The van der Waals surface area contributed by atoms with Gasteiger partial charge >= 0.3 is 0 Å². The Kier molecular flexibility index (Phi) is 4.51. The third-order valence-electron chi connectivity index (χ3n) is 3.21. The summed E-state index contributed by atoms with van der Waals surface area (Å²) in [5.74, 6) is 2.16. The van der Waals surface area contributed by atoms with Crippen molar-refractivity contribution in [2.24, 2.45) is 5.73 Å². The van der Waals surface area contributed by atoms with E-state index in [0.29, 0.717) is 12.7 Å². The third-order valence-corrected chi connectivity index (χ3v) is 3.99. The van der Waals surface area contributed by atoms with Crippen LogP contribution < -0.4 is 15.2 Å². The molecular formula is C14H20BrNO2. The van der Waals surface area contributed by atoms with Crippen LogP contribution in [0.4, 0.5) is 0 Å². The minimum Gasteiger partial charge on any atom is -0.454 e. The van der Waals surface area contributed by atoms with E-state index >= 15 is 0 Å². The minimum absolute atomic E-state index is 0.317. The highest BCUT2D eigenvalue weighted by Crippen LogP contribution is 2.45. The summed E-state index contributed by atoms with van der Waals surface area (Å²) >= 11 is 3.66. The molecule has 100 valence electrons. The molecule has 18 heavy (non-hydrogen) atoms. The van der Waals surface area contributed by atoms with Crippen LogP contribution in [0.2, 0.25) is 0 Å². The fourth-order valence-corrected chi connectivity index (χ4v) is 3.38. The quantitative estimate of drug-likeness (QED) is 0.845. The van der Waals surface area contributed by atoms with Crippen molar-refractivity contribution in [3.63, 3.8) is 0 Å². The van der Waals surface area contributed by atoms with Crippen molar-refractivity contribution in [1.82, 2.24) is 0 Å². The first kappa shape index (κ1) is 13.7. The number of halogens is 1. The van der Waals surface area contributed by atoms with E-state index in [1.54, 1.807) is 0 Å². The molecule has 1 heterocycles. The smallest absolute Gasteiger partial charge is 0.231 e. The van der Waals surface area contributed by atoms with Crippen LogP contribution in [-0.4, -0.2) is 13.3 Å². The molecule has 1 aliphatic heterocycles. The lowest BCUT2D eigenvalue weighted by molar-refractivity contribution is 0.173. The predicted molar refractivity (Wildman–Crippen MR) is 76.3 cm³/mol. The van der Waals surface area contributed by atoms with Gasteiger partial charge in [0.1, 0.15) is 0 Å². The van der Waals surface area contributed by atoms with Gasteiger partial charge in [0, 0.05) is 0 Å². The average molecular weight is 314 g/mol. The van der Waals surface area contributed by atoms with E-state index < -0.39 is 0 Å². The zero-order valence-electron chi connectivity index (χ0n) is 11.0. The van der Waals surface area contributed by atoms with Gasteiger partial charge < -0.3 is 15.2 Å². The number of aryl methyl sites for hydroxylation is 1. The number of hydrogen-bond donors (Lipinski definition) is 1. The fourth-order valence-electron chi connectivity index (χ4n) is 2.36. The summed E-state index contributed by atoms with van der Waals surface area (Å²) in [5, 5.41) is 0. The molecule has 2 N–H and O–H groups in total. The Labute approximate surface area is 117 Å². The fraction of sp³-hybridized carbons (Fsp3) is 0.571. The van der Waals surface area contributed by atoms with E-state index in [-0.39, 0.29) is 0 Å². The number of nitrogens with two attached hydrogens (primary N) is 1. The maximum Gasteiger partial charge on any atom is 0.231 e. The van der Waals surface area contributed by atoms with Gasteiger partial charge in [-0.1, -0.05) is 13.8 Å². The highest BCUT2D eigenvalue weighted by atomic mass is 79.9. The second-order valence-corrected chi connectivity index (χ2v) is 5.69. The molecule has 0 aliphatic carbocycles. The molecule has 3 nitrogen and oxygen atoms in total. The number of benzene rings is 1. The van der Waals surface area contributed by atoms with Crippen LogP contribution in [0.3, 0.4) is 0 Å². The van der Waals surface area contributed by atoms with Crippen LogP contribution in [-0.2, 0) is 6.42 Å². The van der Waals surface area contributed by atoms with Crippen LogP contribution in [0.15, 0.2) is 10.5 Å². The van der Waals surface area contributed by atoms with Gasteiger partial charge in [-0.3, -0.25) is 0 Å². The van der Waals surface area contributed by atoms with Crippen molar-refractivity contribution >= 4 is 15.9 Å². The van der Waals surface area contributed by atoms with Gasteiger partial charge in [-0.15, -0.1) is 0 Å². The van der Waals surface area contributed by atoms with Crippen molar-refractivity contribution in [2.45, 2.75) is 39.0 Å². The van der Waals surface area contributed by atoms with Gasteiger partial charge in [0.25, 0.3) is 0 Å². The van der Waals surface area contributed by atoms with E-state index in [2.05, 4.69) is 35.8 Å². The Hall–Kier alpha value is -0.740. The average Bonchev–Trinajstić information content (AvgIpc) is 2.77. The number of unbranched alkanes of at least 4 members (excludes halogenated alkanes) is 1. The molecule has 1 aromatic carbocycles. The van der Waals surface area contributed by atoms with Crippen LogP contribution in [0.1, 0.15) is 43.7 Å². The number of hydrogen-bond acceptors (Lipinski definition) is 3. The molecule has 0 amide bonds. The van der Waals surface area contributed by atoms with Crippen LogP contribution in [0, 0.1) is 0 Å². The van der Waals surface area contributed by atoms with Crippen LogP contribution in [0.25, 0.3) is 0 Å². The van der Waals surface area contributed by atoms with Gasteiger partial charge in [0.2, 0.25) is 6.79 Å². The summed E-state index contributed by atoms with van der Waals surface area (Å²) in [6, 6.07) is 2.12. The SMILES string of the molecule is CC(C)c1c(CCCCN)cc2c(c1Br)OCO2. The van der Waals surface area contributed by atoms with Gasteiger partial charge in [0.05, 0.1) is 4.47 Å². The van der Waals surface area contributed by atoms with E-state index in [0.717, 1.165) is 41.8 Å². The maximum atomic E-state index is 5.56. The number of rotatable bonds is 5. The zero-order valence-corrected chi connectivity index (χ0v) is 12.5. The Morgan fingerprint density at radius 2 is 2.11 bits per heavy atom. The molecule has 4 heteroatoms. The van der Waals surface area contributed by atoms with E-state index in [4.69, 9.17) is 15.2 Å². The van der Waals surface area contributed by atoms with Crippen molar-refractivity contribution in [2.75, 3.05) is 13.3 Å². The van der Waals surface area contributed by atoms with Gasteiger partial charge in [-0.05, 0) is 64.8 Å². The highest BCUT2D eigenvalue weighted by Gasteiger charge is 2.23. The molecule has 0 saturated heterocycles. The lowest BCUT2D eigenvalue weighted by atomic mass is 9.93. The topological polar surface area (TPSA) is 44.5 Å². The van der Waals surface area contributed by atoms with E-state index in [1.807, 2.05) is 0 Å². The van der Waals surface area contributed by atoms with E-state index in [9.17, 15) is 0 Å². The minimum atomic E-state index is 0.317. The summed E-state index contributed by atoms with van der Waals surface area (Å²) < 4.78 is 12.0. The Morgan fingerprint density at radius 3 is 2.78 bits per heavy atom. The molecule has 1 aliphatic rings. The summed E-state index contributed by atoms with van der Waals surface area (Å²) in [6.45, 7) is 5.48. The number of ether oxygens (including phenoxy) is 2. The van der Waals surface area contributed by atoms with Crippen molar-refractivity contribution in [3.05, 3.63) is 21.7 Å². The molecular weight excluding hydrogens is 294 g/mol. The predicted octanol–water partition coefficient (Wildman–Crippen LogP) is 3.58. The summed E-state index contributed by atoms with van der Waals surface area (Å²) in [4.78, 5) is 0. The molecule has 0 fully saturated rings. The molecule has 2 rings (SSSR count). The second-order valence-electron chi connectivity index (χ2n) is 4.90. The molecule has 1 aromatic rings. The molecule has 0 spiro atoms. The standard InChI is InChI=1S/C14H20BrNO2/c1-9(2)12-10(5-3-4-6-16)7-11-14(13(12)15)18-8-17-11/h7,9H,3-6,8,16H2,1-2H3. The van der Waals surface area contributed by atoms with Crippen LogP contribution >= 0.6 is 15.9 Å². The molecule has 0 atom stereocenters. The lowest BCUT2D eigenvalue weighted by Crippen LogP contribution is -2.02. The van der Waals surface area contributed by atoms with Gasteiger partial charge in [-0.2, -0.15) is 0 Å². The molecule has 0 aromatic heterocycles. The van der Waals surface area contributed by atoms with Crippen molar-refractivity contribution in [3.8, 4) is 11.5 Å². The first-order chi connectivity index (χ1) is 8.65. The first-order valence-electron chi connectivity index (χ1n) is 6.46. The monoisotopic (exact) mass is 313 g/mol. The summed E-state index contributed by atoms with van der Waals surface area (Å²) in [6.07, 6.45) is 3.21. The molecule has 0 saturated carbocycles. The normalized spacial score (nSPS) is 13.4. The molecule has 0 radical (unpaired) electrons. The largest absolute Gasteiger partial charge is 0.454 e. The lowest BCUT2D eigenvalue weighted by Gasteiger charge is -2.16.